The molecule has 11 heteroatoms. The quantitative estimate of drug-likeness (QED) is 0.348. The van der Waals surface area contributed by atoms with Gasteiger partial charge in [-0.25, -0.2) is 0 Å². The summed E-state index contributed by atoms with van der Waals surface area (Å²) in [4.78, 5) is 23.2. The molecule has 2 N–H and O–H groups in total. The van der Waals surface area contributed by atoms with E-state index in [1.54, 1.807) is 0 Å². The number of ether oxygens (including phenoxy) is 1. The molecule has 0 spiro atoms. The van der Waals surface area contributed by atoms with E-state index in [0.29, 0.717) is 0 Å². The van der Waals surface area contributed by atoms with Crippen LogP contribution in [0.4, 0.5) is 0 Å². The molecule has 0 aromatic rings. The van der Waals surface area contributed by atoms with Gasteiger partial charge in [-0.15, -0.1) is 0 Å². The van der Waals surface area contributed by atoms with Crippen molar-refractivity contribution < 1.29 is 40.3 Å². The summed E-state index contributed by atoms with van der Waals surface area (Å²) >= 11 is 0. The number of hydrogen-bond acceptors (Lipinski definition) is 7. The second-order valence-electron chi connectivity index (χ2n) is 4.45. The molecule has 0 saturated heterocycles. The van der Waals surface area contributed by atoms with Gasteiger partial charge in [0, 0.05) is 0 Å². The van der Waals surface area contributed by atoms with Gasteiger partial charge in [0.15, 0.2) is 0 Å². The fraction of sp³-hybridized carbons (Fsp3) is 0.800. The van der Waals surface area contributed by atoms with Crippen LogP contribution in [-0.4, -0.2) is 49.4 Å². The smallest absolute Gasteiger partial charge is 0.317 e. The summed E-state index contributed by atoms with van der Waals surface area (Å²) < 4.78 is 64.7. The predicted molar refractivity (Wildman–Crippen MR) is 71.5 cm³/mol. The molecule has 0 heterocycles. The van der Waals surface area contributed by atoms with Gasteiger partial charge in [0.2, 0.25) is 0 Å². The van der Waals surface area contributed by atoms with Crippen LogP contribution in [0.15, 0.2) is 0 Å². The molecule has 0 amide bonds. The molecule has 9 nitrogen and oxygen atoms in total. The summed E-state index contributed by atoms with van der Waals surface area (Å²) in [5.41, 5.74) is 0. The van der Waals surface area contributed by atoms with Crippen molar-refractivity contribution in [2.24, 2.45) is 11.8 Å². The van der Waals surface area contributed by atoms with Gasteiger partial charge in [0.25, 0.3) is 20.2 Å². The Morgan fingerprint density at radius 3 is 1.33 bits per heavy atom. The van der Waals surface area contributed by atoms with E-state index in [2.05, 4.69) is 4.74 Å². The first kappa shape index (κ1) is 20.0. The Hall–Kier alpha value is -1.04. The minimum absolute atomic E-state index is 0.000986. The molecule has 0 aliphatic heterocycles. The van der Waals surface area contributed by atoms with Crippen molar-refractivity contribution in [2.45, 2.75) is 26.7 Å². The minimum atomic E-state index is -4.42. The van der Waals surface area contributed by atoms with E-state index in [1.807, 2.05) is 0 Å². The van der Waals surface area contributed by atoms with Gasteiger partial charge in [0.05, 0.1) is 23.3 Å². The van der Waals surface area contributed by atoms with Crippen LogP contribution in [0, 0.1) is 11.8 Å². The first-order valence-electron chi connectivity index (χ1n) is 6.05. The minimum Gasteiger partial charge on any atom is -0.393 e. The second-order valence-corrected chi connectivity index (χ2v) is 7.44. The van der Waals surface area contributed by atoms with Crippen molar-refractivity contribution >= 4 is 32.2 Å². The summed E-state index contributed by atoms with van der Waals surface area (Å²) in [6, 6.07) is 0. The summed E-state index contributed by atoms with van der Waals surface area (Å²) in [7, 11) is -8.84. The van der Waals surface area contributed by atoms with Gasteiger partial charge in [-0.2, -0.15) is 16.8 Å². The van der Waals surface area contributed by atoms with Gasteiger partial charge in [0.1, 0.15) is 0 Å². The average Bonchev–Trinajstić information content (AvgIpc) is 2.30. The molecule has 2 unspecified atom stereocenters. The lowest BCUT2D eigenvalue weighted by Gasteiger charge is -2.15. The average molecular weight is 346 g/mol. The van der Waals surface area contributed by atoms with E-state index in [-0.39, 0.29) is 12.8 Å². The zero-order chi connectivity index (χ0) is 16.8. The third kappa shape index (κ3) is 8.75. The van der Waals surface area contributed by atoms with Gasteiger partial charge in [-0.3, -0.25) is 18.7 Å². The van der Waals surface area contributed by atoms with Crippen LogP contribution >= 0.6 is 0 Å². The van der Waals surface area contributed by atoms with Crippen molar-refractivity contribution in [3.63, 3.8) is 0 Å². The molecule has 2 atom stereocenters. The lowest BCUT2D eigenvalue weighted by atomic mass is 10.1. The van der Waals surface area contributed by atoms with Crippen LogP contribution in [0.5, 0.6) is 0 Å². The number of carbonyl (C=O) groups excluding carboxylic acids is 2. The first-order valence-corrected chi connectivity index (χ1v) is 9.27. The third-order valence-corrected chi connectivity index (χ3v) is 4.32. The maximum absolute atomic E-state index is 11.6. The lowest BCUT2D eigenvalue weighted by Crippen LogP contribution is -2.31. The molecule has 0 radical (unpaired) electrons. The van der Waals surface area contributed by atoms with E-state index in [0.717, 1.165) is 0 Å². The first-order chi connectivity index (χ1) is 9.39. The molecular weight excluding hydrogens is 328 g/mol. The number of rotatable bonds is 8. The highest BCUT2D eigenvalue weighted by Gasteiger charge is 2.30. The third-order valence-electron chi connectivity index (χ3n) is 2.68. The van der Waals surface area contributed by atoms with E-state index in [4.69, 9.17) is 9.11 Å². The number of carbonyl (C=O) groups is 2. The zero-order valence-corrected chi connectivity index (χ0v) is 13.2. The topological polar surface area (TPSA) is 152 Å². The van der Waals surface area contributed by atoms with Gasteiger partial charge < -0.3 is 4.74 Å². The number of esters is 2. The molecule has 0 saturated carbocycles. The highest BCUT2D eigenvalue weighted by molar-refractivity contribution is 7.86. The van der Waals surface area contributed by atoms with Gasteiger partial charge in [-0.05, 0) is 12.8 Å². The maximum Gasteiger partial charge on any atom is 0.317 e. The highest BCUT2D eigenvalue weighted by Crippen LogP contribution is 2.13. The molecule has 0 bridgehead atoms. The Morgan fingerprint density at radius 2 is 1.14 bits per heavy atom. The molecule has 0 rings (SSSR count). The van der Waals surface area contributed by atoms with Gasteiger partial charge in [-0.1, -0.05) is 13.8 Å². The fourth-order valence-corrected chi connectivity index (χ4v) is 3.24. The SMILES string of the molecule is CCC(CS(=O)(=O)O)C(=O)OC(=O)C(CC)CS(=O)(=O)O. The summed E-state index contributed by atoms with van der Waals surface area (Å²) in [6.45, 7) is 2.91. The van der Waals surface area contributed by atoms with Crippen LogP contribution in [0.3, 0.4) is 0 Å². The van der Waals surface area contributed by atoms with E-state index in [9.17, 15) is 26.4 Å². The largest absolute Gasteiger partial charge is 0.393 e. The molecule has 0 aliphatic carbocycles. The maximum atomic E-state index is 11.6. The predicted octanol–water partition coefficient (Wildman–Crippen LogP) is -0.116. The van der Waals surface area contributed by atoms with Crippen LogP contribution in [-0.2, 0) is 34.6 Å². The Bertz CT molecular complexity index is 524. The van der Waals surface area contributed by atoms with Crippen molar-refractivity contribution in [3.8, 4) is 0 Å². The Kier molecular flexibility index (Phi) is 7.44. The normalized spacial score (nSPS) is 15.2. The Labute approximate surface area is 123 Å². The fourth-order valence-electron chi connectivity index (χ4n) is 1.48. The molecule has 21 heavy (non-hydrogen) atoms. The van der Waals surface area contributed by atoms with Gasteiger partial charge >= 0.3 is 11.9 Å². The van der Waals surface area contributed by atoms with Crippen LogP contribution in [0.1, 0.15) is 26.7 Å². The monoisotopic (exact) mass is 346 g/mol. The highest BCUT2D eigenvalue weighted by atomic mass is 32.2. The van der Waals surface area contributed by atoms with Crippen molar-refractivity contribution in [1.82, 2.24) is 0 Å². The van der Waals surface area contributed by atoms with E-state index in [1.165, 1.54) is 13.8 Å². The molecule has 0 aromatic carbocycles. The van der Waals surface area contributed by atoms with Crippen LogP contribution in [0.2, 0.25) is 0 Å². The standard InChI is InChI=1S/C10H18O9S2/c1-3-7(5-20(13,14)15)9(11)19-10(12)8(4-2)6-21(16,17)18/h7-8H,3-6H2,1-2H3,(H,13,14,15)(H,16,17,18). The second kappa shape index (κ2) is 7.82. The van der Waals surface area contributed by atoms with E-state index >= 15 is 0 Å². The van der Waals surface area contributed by atoms with Crippen molar-refractivity contribution in [3.05, 3.63) is 0 Å². The summed E-state index contributed by atoms with van der Waals surface area (Å²) in [5, 5.41) is 0. The van der Waals surface area contributed by atoms with Crippen molar-refractivity contribution in [2.75, 3.05) is 11.5 Å². The molecule has 0 aromatic heterocycles. The molecule has 0 aliphatic rings. The zero-order valence-electron chi connectivity index (χ0n) is 11.6. The van der Waals surface area contributed by atoms with Crippen LogP contribution < -0.4 is 0 Å². The van der Waals surface area contributed by atoms with Crippen molar-refractivity contribution in [1.29, 1.82) is 0 Å². The molecule has 124 valence electrons. The molecular formula is C10H18O9S2. The van der Waals surface area contributed by atoms with E-state index < -0.39 is 55.5 Å². The Morgan fingerprint density at radius 1 is 0.857 bits per heavy atom. The lowest BCUT2D eigenvalue weighted by molar-refractivity contribution is -0.164. The number of hydrogen-bond donors (Lipinski definition) is 2. The molecule has 0 fully saturated rings. The summed E-state index contributed by atoms with van der Waals surface area (Å²) in [6.07, 6.45) is 0.00197. The van der Waals surface area contributed by atoms with Crippen LogP contribution in [0.25, 0.3) is 0 Å². The Balaban J connectivity index is 4.84. The summed E-state index contributed by atoms with van der Waals surface area (Å²) in [5.74, 6) is -6.63.